The molecule has 0 N–H and O–H groups in total. The number of ether oxygens (including phenoxy) is 3. The lowest BCUT2D eigenvalue weighted by molar-refractivity contribution is -0.384. The lowest BCUT2D eigenvalue weighted by Gasteiger charge is -2.10. The summed E-state index contributed by atoms with van der Waals surface area (Å²) in [5.74, 6) is 0.661. The predicted molar refractivity (Wildman–Crippen MR) is 109 cm³/mol. The third-order valence-electron chi connectivity index (χ3n) is 4.24. The summed E-state index contributed by atoms with van der Waals surface area (Å²) in [6.07, 6.45) is 2.00. The minimum Gasteiger partial charge on any atom is -0.493 e. The molecule has 160 valence electrons. The van der Waals surface area contributed by atoms with Gasteiger partial charge in [0.1, 0.15) is 0 Å². The van der Waals surface area contributed by atoms with Crippen molar-refractivity contribution in [3.05, 3.63) is 70.1 Å². The highest BCUT2D eigenvalue weighted by Gasteiger charge is 2.19. The molecule has 3 rings (SSSR count). The molecule has 0 spiro atoms. The van der Waals surface area contributed by atoms with E-state index in [9.17, 15) is 14.9 Å². The topological polar surface area (TPSA) is 127 Å². The van der Waals surface area contributed by atoms with Crippen molar-refractivity contribution >= 4 is 17.7 Å². The summed E-state index contributed by atoms with van der Waals surface area (Å²) in [6.45, 7) is 1.59. The first kappa shape index (κ1) is 21.5. The standard InChI is InChI=1S/C21H19N3O7/c1-13(20-22-23-21(31-20)15-7-10-16(11-8-15)24(26)27)30-18(25)12-9-14-5-4-6-17(28-2)19(14)29-3/h4-13H,1-3H3/b12-9+. The Balaban J connectivity index is 1.67. The Morgan fingerprint density at radius 3 is 2.52 bits per heavy atom. The van der Waals surface area contributed by atoms with Crippen LogP contribution in [0.4, 0.5) is 5.69 Å². The number of benzene rings is 2. The second-order valence-corrected chi connectivity index (χ2v) is 6.24. The zero-order valence-electron chi connectivity index (χ0n) is 17.0. The van der Waals surface area contributed by atoms with Crippen molar-refractivity contribution in [3.63, 3.8) is 0 Å². The van der Waals surface area contributed by atoms with Crippen LogP contribution in [0.5, 0.6) is 11.5 Å². The molecule has 1 unspecified atom stereocenters. The van der Waals surface area contributed by atoms with Crippen LogP contribution in [0.1, 0.15) is 24.5 Å². The Morgan fingerprint density at radius 1 is 1.13 bits per heavy atom. The van der Waals surface area contributed by atoms with E-state index >= 15 is 0 Å². The number of carbonyl (C=O) groups excluding carboxylic acids is 1. The molecule has 0 saturated carbocycles. The van der Waals surface area contributed by atoms with E-state index in [1.807, 2.05) is 0 Å². The Morgan fingerprint density at radius 2 is 1.87 bits per heavy atom. The Kier molecular flexibility index (Phi) is 6.61. The fourth-order valence-corrected chi connectivity index (χ4v) is 2.71. The molecule has 10 heteroatoms. The van der Waals surface area contributed by atoms with E-state index in [0.717, 1.165) is 0 Å². The summed E-state index contributed by atoms with van der Waals surface area (Å²) in [6, 6.07) is 10.9. The molecule has 10 nitrogen and oxygen atoms in total. The number of esters is 1. The number of nitro groups is 1. The van der Waals surface area contributed by atoms with Crippen molar-refractivity contribution in [2.24, 2.45) is 0 Å². The summed E-state index contributed by atoms with van der Waals surface area (Å²) in [5.41, 5.74) is 1.10. The van der Waals surface area contributed by atoms with Gasteiger partial charge in [-0.15, -0.1) is 10.2 Å². The van der Waals surface area contributed by atoms with Crippen LogP contribution in [0.15, 0.2) is 53.0 Å². The van der Waals surface area contributed by atoms with E-state index in [1.165, 1.54) is 44.6 Å². The van der Waals surface area contributed by atoms with Crippen LogP contribution in [0.25, 0.3) is 17.5 Å². The molecule has 0 aliphatic heterocycles. The van der Waals surface area contributed by atoms with Gasteiger partial charge in [0.15, 0.2) is 17.6 Å². The van der Waals surface area contributed by atoms with Crippen LogP contribution in [0, 0.1) is 10.1 Å². The number of methoxy groups -OCH3 is 2. The highest BCUT2D eigenvalue weighted by molar-refractivity contribution is 5.88. The van der Waals surface area contributed by atoms with Crippen LogP contribution in [0.3, 0.4) is 0 Å². The van der Waals surface area contributed by atoms with E-state index in [0.29, 0.717) is 22.6 Å². The van der Waals surface area contributed by atoms with Crippen LogP contribution in [0.2, 0.25) is 0 Å². The highest BCUT2D eigenvalue weighted by Crippen LogP contribution is 2.31. The van der Waals surface area contributed by atoms with Gasteiger partial charge in [-0.05, 0) is 31.2 Å². The first-order valence-electron chi connectivity index (χ1n) is 9.11. The van der Waals surface area contributed by atoms with Crippen molar-refractivity contribution in [1.29, 1.82) is 0 Å². The quantitative estimate of drug-likeness (QED) is 0.228. The zero-order chi connectivity index (χ0) is 22.4. The number of rotatable bonds is 8. The van der Waals surface area contributed by atoms with Gasteiger partial charge in [0.25, 0.3) is 11.6 Å². The van der Waals surface area contributed by atoms with E-state index in [2.05, 4.69) is 10.2 Å². The summed E-state index contributed by atoms with van der Waals surface area (Å²) in [4.78, 5) is 22.4. The Hall–Kier alpha value is -4.21. The predicted octanol–water partition coefficient (Wildman–Crippen LogP) is 3.98. The molecule has 0 fully saturated rings. The molecule has 0 amide bonds. The molecule has 0 aliphatic carbocycles. The molecule has 2 aromatic carbocycles. The second kappa shape index (κ2) is 9.53. The number of para-hydroxylation sites is 1. The van der Waals surface area contributed by atoms with Gasteiger partial charge in [0.05, 0.1) is 19.1 Å². The molecule has 0 aliphatic rings. The number of aromatic nitrogens is 2. The third-order valence-corrected chi connectivity index (χ3v) is 4.24. The van der Waals surface area contributed by atoms with E-state index in [-0.39, 0.29) is 17.5 Å². The van der Waals surface area contributed by atoms with Gasteiger partial charge < -0.3 is 18.6 Å². The van der Waals surface area contributed by atoms with Crippen molar-refractivity contribution < 1.29 is 28.3 Å². The summed E-state index contributed by atoms with van der Waals surface area (Å²) >= 11 is 0. The highest BCUT2D eigenvalue weighted by atomic mass is 16.6. The number of hydrogen-bond donors (Lipinski definition) is 0. The van der Waals surface area contributed by atoms with Crippen molar-refractivity contribution in [1.82, 2.24) is 10.2 Å². The lowest BCUT2D eigenvalue weighted by Crippen LogP contribution is -2.06. The van der Waals surface area contributed by atoms with Crippen LogP contribution < -0.4 is 9.47 Å². The first-order chi connectivity index (χ1) is 14.9. The monoisotopic (exact) mass is 425 g/mol. The summed E-state index contributed by atoms with van der Waals surface area (Å²) in [5, 5.41) is 18.5. The maximum Gasteiger partial charge on any atom is 0.331 e. The molecular formula is C21H19N3O7. The van der Waals surface area contributed by atoms with Crippen LogP contribution in [-0.4, -0.2) is 35.3 Å². The fourth-order valence-electron chi connectivity index (χ4n) is 2.71. The molecule has 1 aromatic heterocycles. The zero-order valence-corrected chi connectivity index (χ0v) is 17.0. The SMILES string of the molecule is COc1cccc(/C=C/C(=O)OC(C)c2nnc(-c3ccc([N+](=O)[O-])cc3)o2)c1OC. The molecule has 1 atom stereocenters. The van der Waals surface area contributed by atoms with Gasteiger partial charge in [-0.3, -0.25) is 10.1 Å². The van der Waals surface area contributed by atoms with Gasteiger partial charge in [0.2, 0.25) is 5.89 Å². The smallest absolute Gasteiger partial charge is 0.331 e. The third kappa shape index (κ3) is 5.04. The maximum atomic E-state index is 12.2. The minimum atomic E-state index is -0.802. The number of hydrogen-bond acceptors (Lipinski definition) is 9. The molecule has 31 heavy (non-hydrogen) atoms. The largest absolute Gasteiger partial charge is 0.493 e. The minimum absolute atomic E-state index is 0.0507. The molecule has 3 aromatic rings. The average Bonchev–Trinajstić information content (AvgIpc) is 3.27. The second-order valence-electron chi connectivity index (χ2n) is 6.24. The van der Waals surface area contributed by atoms with Gasteiger partial charge in [-0.1, -0.05) is 12.1 Å². The lowest BCUT2D eigenvalue weighted by atomic mass is 10.1. The van der Waals surface area contributed by atoms with Crippen molar-refractivity contribution in [3.8, 4) is 23.0 Å². The number of nitrogens with zero attached hydrogens (tertiary/aromatic N) is 3. The first-order valence-corrected chi connectivity index (χ1v) is 9.11. The molecule has 0 saturated heterocycles. The summed E-state index contributed by atoms with van der Waals surface area (Å²) in [7, 11) is 3.03. The average molecular weight is 425 g/mol. The number of carbonyl (C=O) groups is 1. The normalized spacial score (nSPS) is 11.8. The van der Waals surface area contributed by atoms with Gasteiger partial charge in [-0.2, -0.15) is 0 Å². The molecule has 1 heterocycles. The molecule has 0 bridgehead atoms. The van der Waals surface area contributed by atoms with Crippen molar-refractivity contribution in [2.75, 3.05) is 14.2 Å². The van der Waals surface area contributed by atoms with Gasteiger partial charge in [-0.25, -0.2) is 4.79 Å². The van der Waals surface area contributed by atoms with Gasteiger partial charge >= 0.3 is 5.97 Å². The van der Waals surface area contributed by atoms with E-state index in [4.69, 9.17) is 18.6 Å². The fraction of sp³-hybridized carbons (Fsp3) is 0.190. The van der Waals surface area contributed by atoms with Crippen LogP contribution >= 0.6 is 0 Å². The van der Waals surface area contributed by atoms with Crippen molar-refractivity contribution in [2.45, 2.75) is 13.0 Å². The Labute approximate surface area is 177 Å². The molecular weight excluding hydrogens is 406 g/mol. The van der Waals surface area contributed by atoms with E-state index < -0.39 is 17.0 Å². The molecule has 0 radical (unpaired) electrons. The number of non-ortho nitro benzene ring substituents is 1. The van der Waals surface area contributed by atoms with Gasteiger partial charge in [0, 0.05) is 29.3 Å². The van der Waals surface area contributed by atoms with E-state index in [1.54, 1.807) is 31.2 Å². The number of nitro benzene ring substituents is 1. The maximum absolute atomic E-state index is 12.2. The Bertz CT molecular complexity index is 1110. The summed E-state index contributed by atoms with van der Waals surface area (Å²) < 4.78 is 21.4. The van der Waals surface area contributed by atoms with Crippen LogP contribution in [-0.2, 0) is 9.53 Å².